The van der Waals surface area contributed by atoms with Crippen molar-refractivity contribution in [2.24, 2.45) is 0 Å². The third kappa shape index (κ3) is 3.67. The van der Waals surface area contributed by atoms with Gasteiger partial charge in [0.25, 0.3) is 0 Å². The van der Waals surface area contributed by atoms with Crippen LogP contribution in [-0.2, 0) is 19.3 Å². The number of urea groups is 1. The summed E-state index contributed by atoms with van der Waals surface area (Å²) < 4.78 is 14.6. The summed E-state index contributed by atoms with van der Waals surface area (Å²) in [6.45, 7) is 0.653. The number of thiophene rings is 1. The lowest BCUT2D eigenvalue weighted by Crippen LogP contribution is -2.42. The lowest BCUT2D eigenvalue weighted by molar-refractivity contribution is 0.195. The van der Waals surface area contributed by atoms with Gasteiger partial charge in [0.1, 0.15) is 5.82 Å². The quantitative estimate of drug-likeness (QED) is 0.430. The second-order valence-corrected chi connectivity index (χ2v) is 9.94. The van der Waals surface area contributed by atoms with Crippen LogP contribution < -0.4 is 5.32 Å². The van der Waals surface area contributed by atoms with E-state index >= 15 is 0 Å². The van der Waals surface area contributed by atoms with Crippen LogP contribution in [0.15, 0.2) is 53.0 Å². The van der Waals surface area contributed by atoms with Gasteiger partial charge in [-0.25, -0.2) is 9.18 Å². The summed E-state index contributed by atoms with van der Waals surface area (Å²) in [7, 11) is 0. The van der Waals surface area contributed by atoms with Gasteiger partial charge < -0.3 is 10.2 Å². The number of nitrogens with zero attached hydrogens (tertiary/aromatic N) is 1. The average Bonchev–Trinajstić information content (AvgIpc) is 3.14. The molecule has 2 amide bonds. The van der Waals surface area contributed by atoms with Gasteiger partial charge in [0, 0.05) is 26.5 Å². The first-order valence-electron chi connectivity index (χ1n) is 10.3. The van der Waals surface area contributed by atoms with E-state index in [1.54, 1.807) is 0 Å². The SMILES string of the molecule is O=C(Nc1ccc(Br)cc1)N1CCc2c(sc3c2CCCC3)C1c1ccc(F)cc1. The van der Waals surface area contributed by atoms with Crippen LogP contribution in [0.1, 0.15) is 45.3 Å². The van der Waals surface area contributed by atoms with Crippen LogP contribution in [-0.4, -0.2) is 17.5 Å². The van der Waals surface area contributed by atoms with Gasteiger partial charge in [-0.1, -0.05) is 28.1 Å². The number of nitrogens with one attached hydrogen (secondary N) is 1. The predicted molar refractivity (Wildman–Crippen MR) is 123 cm³/mol. The Morgan fingerprint density at radius 1 is 1.00 bits per heavy atom. The summed E-state index contributed by atoms with van der Waals surface area (Å²) in [6.07, 6.45) is 5.63. The molecule has 3 aromatic rings. The number of amides is 2. The zero-order valence-electron chi connectivity index (χ0n) is 16.5. The number of halogens is 2. The summed E-state index contributed by atoms with van der Waals surface area (Å²) in [5.74, 6) is -0.258. The van der Waals surface area contributed by atoms with Gasteiger partial charge in [-0.2, -0.15) is 0 Å². The van der Waals surface area contributed by atoms with Crippen LogP contribution in [0, 0.1) is 5.82 Å². The molecular weight excluding hydrogens is 463 g/mol. The minimum Gasteiger partial charge on any atom is -0.312 e. The highest BCUT2D eigenvalue weighted by atomic mass is 79.9. The Balaban J connectivity index is 1.53. The molecule has 0 spiro atoms. The largest absolute Gasteiger partial charge is 0.322 e. The lowest BCUT2D eigenvalue weighted by Gasteiger charge is -2.36. The van der Waals surface area contributed by atoms with Crippen LogP contribution in [0.5, 0.6) is 0 Å². The van der Waals surface area contributed by atoms with Crippen molar-refractivity contribution < 1.29 is 9.18 Å². The highest BCUT2D eigenvalue weighted by molar-refractivity contribution is 9.10. The molecule has 2 aromatic carbocycles. The molecule has 1 unspecified atom stereocenters. The van der Waals surface area contributed by atoms with Crippen molar-refractivity contribution in [2.75, 3.05) is 11.9 Å². The van der Waals surface area contributed by atoms with Gasteiger partial charge in [-0.3, -0.25) is 0 Å². The van der Waals surface area contributed by atoms with Gasteiger partial charge >= 0.3 is 6.03 Å². The highest BCUT2D eigenvalue weighted by Crippen LogP contribution is 2.45. The molecule has 6 heteroatoms. The first-order valence-corrected chi connectivity index (χ1v) is 11.9. The fraction of sp³-hybridized carbons (Fsp3) is 0.292. The number of carbonyl (C=O) groups is 1. The molecule has 1 aliphatic heterocycles. The maximum Gasteiger partial charge on any atom is 0.322 e. The summed E-state index contributed by atoms with van der Waals surface area (Å²) in [5.41, 5.74) is 4.66. The Labute approximate surface area is 188 Å². The van der Waals surface area contributed by atoms with E-state index in [0.29, 0.717) is 6.54 Å². The molecule has 2 heterocycles. The number of aryl methyl sites for hydroxylation is 1. The smallest absolute Gasteiger partial charge is 0.312 e. The normalized spacial score (nSPS) is 17.9. The third-order valence-corrected chi connectivity index (χ3v) is 7.93. The van der Waals surface area contributed by atoms with Crippen molar-refractivity contribution in [3.63, 3.8) is 0 Å². The summed E-state index contributed by atoms with van der Waals surface area (Å²) in [5, 5.41) is 3.04. The van der Waals surface area contributed by atoms with Crippen LogP contribution in [0.2, 0.25) is 0 Å². The fourth-order valence-electron chi connectivity index (χ4n) is 4.57. The first kappa shape index (κ1) is 19.8. The van der Waals surface area contributed by atoms with Gasteiger partial charge in [0.15, 0.2) is 0 Å². The van der Waals surface area contributed by atoms with E-state index in [2.05, 4.69) is 21.2 Å². The molecule has 1 atom stereocenters. The number of benzene rings is 2. The molecule has 0 saturated carbocycles. The number of hydrogen-bond acceptors (Lipinski definition) is 2. The molecule has 0 radical (unpaired) electrons. The van der Waals surface area contributed by atoms with Crippen molar-refractivity contribution in [3.8, 4) is 0 Å². The number of hydrogen-bond donors (Lipinski definition) is 1. The zero-order chi connectivity index (χ0) is 20.7. The molecule has 30 heavy (non-hydrogen) atoms. The predicted octanol–water partition coefficient (Wildman–Crippen LogP) is 6.71. The maximum absolute atomic E-state index is 13.6. The first-order chi connectivity index (χ1) is 14.6. The van der Waals surface area contributed by atoms with Gasteiger partial charge in [0.2, 0.25) is 0 Å². The minimum atomic E-state index is -0.258. The van der Waals surface area contributed by atoms with E-state index < -0.39 is 0 Å². The Hall–Kier alpha value is -2.18. The summed E-state index contributed by atoms with van der Waals surface area (Å²) >= 11 is 5.28. The van der Waals surface area contributed by atoms with Crippen molar-refractivity contribution in [2.45, 2.75) is 38.1 Å². The monoisotopic (exact) mass is 484 g/mol. The van der Waals surface area contributed by atoms with Gasteiger partial charge in [-0.05, 0) is 85.2 Å². The van der Waals surface area contributed by atoms with Crippen LogP contribution in [0.25, 0.3) is 0 Å². The van der Waals surface area contributed by atoms with E-state index in [1.165, 1.54) is 45.9 Å². The van der Waals surface area contributed by atoms with Crippen molar-refractivity contribution >= 4 is 39.0 Å². The minimum absolute atomic E-state index is 0.122. The van der Waals surface area contributed by atoms with Gasteiger partial charge in [-0.15, -0.1) is 11.3 Å². The Morgan fingerprint density at radius 2 is 1.73 bits per heavy atom. The zero-order valence-corrected chi connectivity index (χ0v) is 18.9. The van der Waals surface area contributed by atoms with Crippen LogP contribution >= 0.6 is 27.3 Å². The standard InChI is InChI=1S/C24H22BrFN2OS/c25-16-7-11-18(12-8-16)27-24(29)28-14-13-20-19-3-1-2-4-21(19)30-23(20)22(28)15-5-9-17(26)10-6-15/h5-12,22H,1-4,13-14H2,(H,27,29). The number of carbonyl (C=O) groups excluding carboxylic acids is 1. The maximum atomic E-state index is 13.6. The molecule has 0 fully saturated rings. The molecule has 5 rings (SSSR count). The summed E-state index contributed by atoms with van der Waals surface area (Å²) in [6, 6.07) is 13.9. The number of anilines is 1. The van der Waals surface area contributed by atoms with E-state index in [-0.39, 0.29) is 17.9 Å². The average molecular weight is 485 g/mol. The van der Waals surface area contributed by atoms with E-state index in [9.17, 15) is 9.18 Å². The van der Waals surface area contributed by atoms with E-state index in [4.69, 9.17) is 0 Å². The molecule has 1 aromatic heterocycles. The molecule has 154 valence electrons. The van der Waals surface area contributed by atoms with Crippen LogP contribution in [0.4, 0.5) is 14.9 Å². The second kappa shape index (κ2) is 8.16. The molecule has 3 nitrogen and oxygen atoms in total. The molecule has 2 aliphatic rings. The Bertz CT molecular complexity index is 1080. The molecule has 0 bridgehead atoms. The molecule has 0 saturated heterocycles. The number of fused-ring (bicyclic) bond motifs is 3. The topological polar surface area (TPSA) is 32.3 Å². The van der Waals surface area contributed by atoms with E-state index in [1.807, 2.05) is 52.6 Å². The highest BCUT2D eigenvalue weighted by Gasteiger charge is 2.36. The van der Waals surface area contributed by atoms with E-state index in [0.717, 1.165) is 35.0 Å². The van der Waals surface area contributed by atoms with Crippen LogP contribution in [0.3, 0.4) is 0 Å². The summed E-state index contributed by atoms with van der Waals surface area (Å²) in [4.78, 5) is 17.9. The second-order valence-electron chi connectivity index (χ2n) is 7.89. The third-order valence-electron chi connectivity index (χ3n) is 6.02. The van der Waals surface area contributed by atoms with Gasteiger partial charge in [0.05, 0.1) is 6.04 Å². The molecule has 1 aliphatic carbocycles. The fourth-order valence-corrected chi connectivity index (χ4v) is 6.42. The van der Waals surface area contributed by atoms with Crippen molar-refractivity contribution in [1.29, 1.82) is 0 Å². The Morgan fingerprint density at radius 3 is 2.50 bits per heavy atom. The number of rotatable bonds is 2. The lowest BCUT2D eigenvalue weighted by atomic mass is 9.88. The van der Waals surface area contributed by atoms with Crippen molar-refractivity contribution in [3.05, 3.63) is 85.3 Å². The molecule has 1 N–H and O–H groups in total. The van der Waals surface area contributed by atoms with Crippen molar-refractivity contribution in [1.82, 2.24) is 4.90 Å². The Kier molecular flexibility index (Phi) is 5.37. The molecular formula is C24H22BrFN2OS.